The highest BCUT2D eigenvalue weighted by Crippen LogP contribution is 2.42. The zero-order valence-electron chi connectivity index (χ0n) is 28.4. The van der Waals surface area contributed by atoms with E-state index in [1.165, 1.54) is 57.8 Å². The summed E-state index contributed by atoms with van der Waals surface area (Å²) >= 11 is 0. The molecule has 0 radical (unpaired) electrons. The average molecular weight is 609 g/mol. The number of hydrogen-bond acceptors (Lipinski definition) is 2. The Morgan fingerprint density at radius 2 is 1.05 bits per heavy atom. The fourth-order valence-electron chi connectivity index (χ4n) is 8.36. The van der Waals surface area contributed by atoms with Gasteiger partial charge in [0, 0.05) is 11.5 Å². The number of halogens is 2. The van der Waals surface area contributed by atoms with Gasteiger partial charge in [0.15, 0.2) is 0 Å². The van der Waals surface area contributed by atoms with Gasteiger partial charge in [0.05, 0.1) is 25.4 Å². The van der Waals surface area contributed by atoms with E-state index >= 15 is 0 Å². The minimum absolute atomic E-state index is 0.0152. The van der Waals surface area contributed by atoms with Crippen LogP contribution in [0.5, 0.6) is 0 Å². The molecule has 44 heavy (non-hydrogen) atoms. The molecule has 2 aromatic rings. The van der Waals surface area contributed by atoms with Gasteiger partial charge in [-0.05, 0) is 136 Å². The van der Waals surface area contributed by atoms with Gasteiger partial charge in [0.25, 0.3) is 0 Å². The Kier molecular flexibility index (Phi) is 11.6. The summed E-state index contributed by atoms with van der Waals surface area (Å²) in [6.45, 7) is 13.9. The van der Waals surface area contributed by atoms with E-state index in [0.717, 1.165) is 82.9 Å². The standard InChI is InChI=1S/2C20H29FO/c1-13-4-7-16(8-5-13)19-11-9-17(12-22-19)18-10-6-14(2)15(3)20(18)21;1-13-4-7-16(8-5-13)17-9-11-19(22-12-17)18-10-6-14(2)15(3)20(18)21/h2*6,10,13,16-17,19H,4-5,7-9,11-12H2,1-3H3. The minimum atomic E-state index is -0.0602. The van der Waals surface area contributed by atoms with Crippen LogP contribution in [0.15, 0.2) is 24.3 Å². The maximum Gasteiger partial charge on any atom is 0.132 e. The van der Waals surface area contributed by atoms with E-state index in [2.05, 4.69) is 13.8 Å². The maximum absolute atomic E-state index is 14.5. The molecule has 4 atom stereocenters. The number of benzene rings is 2. The summed E-state index contributed by atoms with van der Waals surface area (Å²) in [4.78, 5) is 0. The monoisotopic (exact) mass is 608 g/mol. The van der Waals surface area contributed by atoms with E-state index in [-0.39, 0.29) is 23.7 Å². The first kappa shape index (κ1) is 33.6. The molecular weight excluding hydrogens is 550 g/mol. The lowest BCUT2D eigenvalue weighted by Gasteiger charge is -2.37. The summed E-state index contributed by atoms with van der Waals surface area (Å²) in [5.41, 5.74) is 5.24. The van der Waals surface area contributed by atoms with Gasteiger partial charge in [0.1, 0.15) is 11.6 Å². The van der Waals surface area contributed by atoms with Crippen molar-refractivity contribution >= 4 is 0 Å². The highest BCUT2D eigenvalue weighted by atomic mass is 19.1. The Balaban J connectivity index is 0.000000175. The zero-order chi connectivity index (χ0) is 31.4. The minimum Gasteiger partial charge on any atom is -0.377 e. The summed E-state index contributed by atoms with van der Waals surface area (Å²) < 4.78 is 41.2. The summed E-state index contributed by atoms with van der Waals surface area (Å²) in [6.07, 6.45) is 15.5. The second-order valence-corrected chi connectivity index (χ2v) is 15.2. The molecule has 4 unspecified atom stereocenters. The van der Waals surface area contributed by atoms with Gasteiger partial charge in [-0.3, -0.25) is 0 Å². The quantitative estimate of drug-likeness (QED) is 0.344. The van der Waals surface area contributed by atoms with E-state index in [0.29, 0.717) is 18.6 Å². The van der Waals surface area contributed by atoms with Crippen LogP contribution in [0.4, 0.5) is 8.78 Å². The first-order valence-corrected chi connectivity index (χ1v) is 17.9. The number of hydrogen-bond donors (Lipinski definition) is 0. The molecule has 2 aliphatic carbocycles. The second-order valence-electron chi connectivity index (χ2n) is 15.2. The van der Waals surface area contributed by atoms with E-state index in [4.69, 9.17) is 9.47 Å². The van der Waals surface area contributed by atoms with Crippen molar-refractivity contribution in [1.29, 1.82) is 0 Å². The Hall–Kier alpha value is -1.78. The van der Waals surface area contributed by atoms with Crippen molar-refractivity contribution in [3.63, 3.8) is 0 Å². The fourth-order valence-corrected chi connectivity index (χ4v) is 8.36. The zero-order valence-corrected chi connectivity index (χ0v) is 28.4. The molecule has 2 heterocycles. The molecule has 0 amide bonds. The number of rotatable bonds is 4. The van der Waals surface area contributed by atoms with Crippen molar-refractivity contribution in [3.05, 3.63) is 69.3 Å². The topological polar surface area (TPSA) is 18.5 Å². The molecule has 0 spiro atoms. The van der Waals surface area contributed by atoms with Gasteiger partial charge in [-0.1, -0.05) is 63.8 Å². The van der Waals surface area contributed by atoms with Gasteiger partial charge in [-0.15, -0.1) is 0 Å². The van der Waals surface area contributed by atoms with E-state index in [1.807, 2.05) is 52.0 Å². The van der Waals surface area contributed by atoms with Crippen molar-refractivity contribution in [2.75, 3.05) is 13.2 Å². The Morgan fingerprint density at radius 3 is 1.57 bits per heavy atom. The van der Waals surface area contributed by atoms with Crippen molar-refractivity contribution in [3.8, 4) is 0 Å². The van der Waals surface area contributed by atoms with Gasteiger partial charge in [-0.25, -0.2) is 8.78 Å². The largest absolute Gasteiger partial charge is 0.377 e. The molecule has 2 aliphatic heterocycles. The first-order valence-electron chi connectivity index (χ1n) is 17.9. The number of aryl methyl sites for hydroxylation is 2. The second kappa shape index (κ2) is 15.2. The van der Waals surface area contributed by atoms with Crippen LogP contribution < -0.4 is 0 Å². The highest BCUT2D eigenvalue weighted by Gasteiger charge is 2.33. The molecular formula is C40H58F2O2. The van der Waals surface area contributed by atoms with Crippen molar-refractivity contribution < 1.29 is 18.3 Å². The van der Waals surface area contributed by atoms with E-state index in [9.17, 15) is 8.78 Å². The first-order chi connectivity index (χ1) is 21.1. The molecule has 4 aliphatic rings. The van der Waals surface area contributed by atoms with Crippen LogP contribution >= 0.6 is 0 Å². The normalized spacial score (nSPS) is 32.9. The lowest BCUT2D eigenvalue weighted by atomic mass is 9.74. The van der Waals surface area contributed by atoms with Crippen LogP contribution in [0, 0.1) is 68.9 Å². The molecule has 4 heteroatoms. The molecule has 2 saturated carbocycles. The third-order valence-corrected chi connectivity index (χ3v) is 12.1. The molecule has 6 rings (SSSR count). The number of ether oxygens (including phenoxy) is 2. The van der Waals surface area contributed by atoms with Crippen molar-refractivity contribution in [2.24, 2.45) is 29.6 Å². The predicted molar refractivity (Wildman–Crippen MR) is 177 cm³/mol. The summed E-state index contributed by atoms with van der Waals surface area (Å²) in [5.74, 6) is 4.21. The molecule has 0 N–H and O–H groups in total. The van der Waals surface area contributed by atoms with Crippen molar-refractivity contribution in [1.82, 2.24) is 0 Å². The molecule has 0 aromatic heterocycles. The van der Waals surface area contributed by atoms with Gasteiger partial charge in [0.2, 0.25) is 0 Å². The van der Waals surface area contributed by atoms with Crippen LogP contribution in [0.3, 0.4) is 0 Å². The Labute approximate surface area is 266 Å². The van der Waals surface area contributed by atoms with Crippen LogP contribution in [0.25, 0.3) is 0 Å². The van der Waals surface area contributed by atoms with E-state index < -0.39 is 0 Å². The Bertz CT molecular complexity index is 1110. The lowest BCUT2D eigenvalue weighted by Crippen LogP contribution is -2.33. The predicted octanol–water partition coefficient (Wildman–Crippen LogP) is 11.3. The smallest absolute Gasteiger partial charge is 0.132 e. The maximum atomic E-state index is 14.5. The van der Waals surface area contributed by atoms with Crippen LogP contribution in [-0.2, 0) is 9.47 Å². The average Bonchev–Trinajstić information content (AvgIpc) is 3.04. The molecule has 2 nitrogen and oxygen atoms in total. The fraction of sp³-hybridized carbons (Fsp3) is 0.700. The van der Waals surface area contributed by atoms with Gasteiger partial charge < -0.3 is 9.47 Å². The molecule has 244 valence electrons. The molecule has 2 saturated heterocycles. The lowest BCUT2D eigenvalue weighted by molar-refractivity contribution is -0.0431. The van der Waals surface area contributed by atoms with Crippen LogP contribution in [-0.4, -0.2) is 19.3 Å². The molecule has 2 aromatic carbocycles. The third kappa shape index (κ3) is 7.95. The SMILES string of the molecule is Cc1ccc(C2CCC(C3CCC(C)CC3)CO2)c(F)c1C.Cc1ccc(C2CCC(C3CCC(C)CC3)OC2)c(F)c1C. The summed E-state index contributed by atoms with van der Waals surface area (Å²) in [6, 6.07) is 7.95. The van der Waals surface area contributed by atoms with E-state index in [1.54, 1.807) is 0 Å². The summed E-state index contributed by atoms with van der Waals surface area (Å²) in [7, 11) is 0. The van der Waals surface area contributed by atoms with Crippen LogP contribution in [0.1, 0.15) is 136 Å². The van der Waals surface area contributed by atoms with Crippen molar-refractivity contribution in [2.45, 2.75) is 137 Å². The highest BCUT2D eigenvalue weighted by molar-refractivity contribution is 5.35. The van der Waals surface area contributed by atoms with Gasteiger partial charge in [-0.2, -0.15) is 0 Å². The Morgan fingerprint density at radius 1 is 0.523 bits per heavy atom. The van der Waals surface area contributed by atoms with Gasteiger partial charge >= 0.3 is 0 Å². The molecule has 4 fully saturated rings. The molecule has 0 bridgehead atoms. The van der Waals surface area contributed by atoms with Crippen LogP contribution in [0.2, 0.25) is 0 Å². The third-order valence-electron chi connectivity index (χ3n) is 12.1. The summed E-state index contributed by atoms with van der Waals surface area (Å²) in [5, 5.41) is 0.